The second-order valence-electron chi connectivity index (χ2n) is 5.07. The molecule has 0 bridgehead atoms. The highest BCUT2D eigenvalue weighted by Gasteiger charge is 2.11. The van der Waals surface area contributed by atoms with Crippen LogP contribution in [0.4, 0.5) is 5.82 Å². The summed E-state index contributed by atoms with van der Waals surface area (Å²) in [7, 11) is 0. The number of carbonyl (C=O) groups is 2. The molecule has 0 aliphatic heterocycles. The number of rotatable bonds is 4. The fraction of sp³-hybridized carbons (Fsp3) is 0.133. The van der Waals surface area contributed by atoms with Crippen LogP contribution in [-0.4, -0.2) is 43.1 Å². The molecule has 0 aromatic carbocycles. The lowest BCUT2D eigenvalue weighted by atomic mass is 10.1. The zero-order valence-corrected chi connectivity index (χ0v) is 12.7. The molecule has 3 aromatic rings. The molecule has 24 heavy (non-hydrogen) atoms. The molecule has 0 saturated carbocycles. The summed E-state index contributed by atoms with van der Waals surface area (Å²) in [6, 6.07) is 5.06. The number of hydrogen-bond donors (Lipinski definition) is 3. The van der Waals surface area contributed by atoms with Gasteiger partial charge in [0, 0.05) is 11.8 Å². The van der Waals surface area contributed by atoms with Crippen molar-refractivity contribution < 1.29 is 14.7 Å². The van der Waals surface area contributed by atoms with E-state index in [1.807, 2.05) is 0 Å². The zero-order chi connectivity index (χ0) is 17.3. The highest BCUT2D eigenvalue weighted by molar-refractivity contribution is 5.95. The molecule has 0 spiro atoms. The van der Waals surface area contributed by atoms with Gasteiger partial charge < -0.3 is 16.2 Å². The Morgan fingerprint density at radius 1 is 1.38 bits per heavy atom. The number of aromatic nitrogens is 4. The molecule has 0 aliphatic rings. The van der Waals surface area contributed by atoms with E-state index in [0.717, 1.165) is 0 Å². The highest BCUT2D eigenvalue weighted by atomic mass is 16.3. The average Bonchev–Trinajstić information content (AvgIpc) is 2.96. The molecular formula is C15H14N6O3. The van der Waals surface area contributed by atoms with E-state index < -0.39 is 18.4 Å². The molecule has 2 amide bonds. The molecule has 3 heterocycles. The number of pyridine rings is 1. The van der Waals surface area contributed by atoms with Gasteiger partial charge in [-0.05, 0) is 25.1 Å². The Morgan fingerprint density at radius 3 is 2.88 bits per heavy atom. The minimum Gasteiger partial charge on any atom is -0.387 e. The van der Waals surface area contributed by atoms with E-state index >= 15 is 0 Å². The molecule has 9 nitrogen and oxygen atoms in total. The van der Waals surface area contributed by atoms with Crippen LogP contribution in [-0.2, 0) is 4.79 Å². The lowest BCUT2D eigenvalue weighted by Gasteiger charge is -2.05. The van der Waals surface area contributed by atoms with Gasteiger partial charge in [0.2, 0.25) is 0 Å². The summed E-state index contributed by atoms with van der Waals surface area (Å²) in [6.07, 6.45) is 3.12. The number of nitrogens with two attached hydrogens (primary N) is 1. The molecule has 0 aliphatic carbocycles. The molecule has 0 unspecified atom stereocenters. The number of hydrogen-bond acceptors (Lipinski definition) is 6. The molecule has 3 aromatic heterocycles. The summed E-state index contributed by atoms with van der Waals surface area (Å²) in [4.78, 5) is 31.0. The lowest BCUT2D eigenvalue weighted by molar-refractivity contribution is -0.118. The van der Waals surface area contributed by atoms with Gasteiger partial charge in [-0.2, -0.15) is 5.10 Å². The van der Waals surface area contributed by atoms with Crippen molar-refractivity contribution in [1.82, 2.24) is 19.6 Å². The van der Waals surface area contributed by atoms with Gasteiger partial charge in [-0.25, -0.2) is 9.50 Å². The monoisotopic (exact) mass is 326 g/mol. The Balaban J connectivity index is 2.00. The van der Waals surface area contributed by atoms with Crippen LogP contribution in [0.15, 0.2) is 30.6 Å². The quantitative estimate of drug-likeness (QED) is 0.623. The average molecular weight is 326 g/mol. The van der Waals surface area contributed by atoms with Gasteiger partial charge in [-0.3, -0.25) is 14.6 Å². The van der Waals surface area contributed by atoms with Crippen molar-refractivity contribution in [3.8, 4) is 11.3 Å². The fourth-order valence-corrected chi connectivity index (χ4v) is 2.20. The molecule has 3 rings (SSSR count). The maximum atomic E-state index is 11.4. The number of primary amides is 1. The van der Waals surface area contributed by atoms with E-state index in [4.69, 9.17) is 10.8 Å². The van der Waals surface area contributed by atoms with Gasteiger partial charge in [-0.15, -0.1) is 0 Å². The lowest BCUT2D eigenvalue weighted by Crippen LogP contribution is -2.15. The van der Waals surface area contributed by atoms with E-state index in [-0.39, 0.29) is 5.82 Å². The Kier molecular flexibility index (Phi) is 3.92. The molecule has 9 heteroatoms. The standard InChI is InChI=1S/C15H14N6O3/c1-8-10(15(16)24)4-9(5-17-8)11-2-3-13-18-12(6-21(13)20-11)19-14(23)7-22/h2-6,22H,7H2,1H3,(H2,16,24)(H,19,23). The van der Waals surface area contributed by atoms with E-state index in [0.29, 0.717) is 28.2 Å². The molecule has 0 atom stereocenters. The van der Waals surface area contributed by atoms with Crippen LogP contribution in [0.3, 0.4) is 0 Å². The summed E-state index contributed by atoms with van der Waals surface area (Å²) < 4.78 is 1.48. The summed E-state index contributed by atoms with van der Waals surface area (Å²) in [6.45, 7) is 1.07. The van der Waals surface area contributed by atoms with Crippen molar-refractivity contribution >= 4 is 23.3 Å². The second kappa shape index (κ2) is 6.05. The number of nitrogens with one attached hydrogen (secondary N) is 1. The summed E-state index contributed by atoms with van der Waals surface area (Å²) in [5.74, 6) is -0.842. The predicted octanol–water partition coefficient (Wildman–Crippen LogP) is 0.129. The van der Waals surface area contributed by atoms with Crippen molar-refractivity contribution in [3.05, 3.63) is 41.9 Å². The maximum absolute atomic E-state index is 11.4. The Labute approximate surface area is 136 Å². The van der Waals surface area contributed by atoms with E-state index in [9.17, 15) is 9.59 Å². The summed E-state index contributed by atoms with van der Waals surface area (Å²) in [5.41, 5.74) is 7.93. The number of fused-ring (bicyclic) bond motifs is 1. The van der Waals surface area contributed by atoms with E-state index in [2.05, 4.69) is 20.4 Å². The number of nitrogens with zero attached hydrogens (tertiary/aromatic N) is 4. The van der Waals surface area contributed by atoms with E-state index in [1.54, 1.807) is 31.3 Å². The number of aliphatic hydroxyl groups is 1. The van der Waals surface area contributed by atoms with Crippen LogP contribution in [0.25, 0.3) is 16.9 Å². The summed E-state index contributed by atoms with van der Waals surface area (Å²) >= 11 is 0. The first-order chi connectivity index (χ1) is 11.5. The van der Waals surface area contributed by atoms with Crippen LogP contribution in [0.5, 0.6) is 0 Å². The number of aryl methyl sites for hydroxylation is 1. The van der Waals surface area contributed by atoms with Crippen molar-refractivity contribution in [2.45, 2.75) is 6.92 Å². The topological polar surface area (TPSA) is 136 Å². The molecular weight excluding hydrogens is 312 g/mol. The Morgan fingerprint density at radius 2 is 2.17 bits per heavy atom. The van der Waals surface area contributed by atoms with Crippen molar-refractivity contribution in [3.63, 3.8) is 0 Å². The number of aliphatic hydroxyl groups excluding tert-OH is 1. The van der Waals surface area contributed by atoms with E-state index in [1.165, 1.54) is 10.7 Å². The summed E-state index contributed by atoms with van der Waals surface area (Å²) in [5, 5.41) is 15.6. The molecule has 122 valence electrons. The Hall–Kier alpha value is -3.33. The number of anilines is 1. The zero-order valence-electron chi connectivity index (χ0n) is 12.7. The third-order valence-corrected chi connectivity index (χ3v) is 3.38. The fourth-order valence-electron chi connectivity index (χ4n) is 2.20. The van der Waals surface area contributed by atoms with Gasteiger partial charge in [0.1, 0.15) is 6.61 Å². The van der Waals surface area contributed by atoms with Gasteiger partial charge in [0.15, 0.2) is 11.5 Å². The van der Waals surface area contributed by atoms with Crippen LogP contribution in [0.1, 0.15) is 16.1 Å². The van der Waals surface area contributed by atoms with Crippen LogP contribution in [0.2, 0.25) is 0 Å². The second-order valence-corrected chi connectivity index (χ2v) is 5.07. The molecule has 4 N–H and O–H groups in total. The van der Waals surface area contributed by atoms with Crippen LogP contribution in [0, 0.1) is 6.92 Å². The van der Waals surface area contributed by atoms with Gasteiger partial charge >= 0.3 is 0 Å². The van der Waals surface area contributed by atoms with Crippen molar-refractivity contribution in [2.75, 3.05) is 11.9 Å². The molecule has 0 fully saturated rings. The van der Waals surface area contributed by atoms with Crippen molar-refractivity contribution in [1.29, 1.82) is 0 Å². The smallest absolute Gasteiger partial charge is 0.251 e. The SMILES string of the molecule is Cc1ncc(-c2ccc3nc(NC(=O)CO)cn3n2)cc1C(N)=O. The van der Waals surface area contributed by atoms with Crippen molar-refractivity contribution in [2.24, 2.45) is 5.73 Å². The largest absolute Gasteiger partial charge is 0.387 e. The minimum atomic E-state index is -0.627. The predicted molar refractivity (Wildman–Crippen MR) is 85.2 cm³/mol. The number of amides is 2. The van der Waals surface area contributed by atoms with Gasteiger partial charge in [0.05, 0.1) is 23.1 Å². The third kappa shape index (κ3) is 2.92. The highest BCUT2D eigenvalue weighted by Crippen LogP contribution is 2.20. The number of imidazole rings is 1. The number of carbonyl (C=O) groups excluding carboxylic acids is 2. The van der Waals surface area contributed by atoms with Gasteiger partial charge in [0.25, 0.3) is 11.8 Å². The van der Waals surface area contributed by atoms with Crippen LogP contribution < -0.4 is 11.1 Å². The van der Waals surface area contributed by atoms with Crippen LogP contribution >= 0.6 is 0 Å². The normalized spacial score (nSPS) is 10.8. The first-order valence-corrected chi connectivity index (χ1v) is 7.02. The maximum Gasteiger partial charge on any atom is 0.251 e. The van der Waals surface area contributed by atoms with Gasteiger partial charge in [-0.1, -0.05) is 0 Å². The first kappa shape index (κ1) is 15.6. The molecule has 0 saturated heterocycles. The molecule has 0 radical (unpaired) electrons. The Bertz CT molecular complexity index is 950. The first-order valence-electron chi connectivity index (χ1n) is 7.02. The minimum absolute atomic E-state index is 0.276. The third-order valence-electron chi connectivity index (χ3n) is 3.38.